The molecule has 2 heterocycles. The van der Waals surface area contributed by atoms with E-state index >= 15 is 0 Å². The van der Waals surface area contributed by atoms with E-state index in [1.165, 1.54) is 19.3 Å². The van der Waals surface area contributed by atoms with Crippen LogP contribution in [0.25, 0.3) is 0 Å². The van der Waals surface area contributed by atoms with Crippen LogP contribution in [0.5, 0.6) is 0 Å². The third-order valence-corrected chi connectivity index (χ3v) is 4.25. The summed E-state index contributed by atoms with van der Waals surface area (Å²) in [5, 5.41) is 3.73. The summed E-state index contributed by atoms with van der Waals surface area (Å²) in [6, 6.07) is 8.61. The summed E-state index contributed by atoms with van der Waals surface area (Å²) < 4.78 is 0. The molecule has 120 valence electrons. The zero-order valence-electron chi connectivity index (χ0n) is 12.6. The highest BCUT2D eigenvalue weighted by Crippen LogP contribution is 2.23. The first-order chi connectivity index (χ1) is 11.1. The van der Waals surface area contributed by atoms with Crippen molar-refractivity contribution in [2.75, 3.05) is 23.3 Å². The number of hydrogen-bond donors (Lipinski definition) is 1. The van der Waals surface area contributed by atoms with Crippen molar-refractivity contribution >= 4 is 40.6 Å². The number of nitrogens with zero attached hydrogens (tertiary/aromatic N) is 2. The second-order valence-corrected chi connectivity index (χ2v) is 6.44. The molecule has 6 heteroatoms. The number of anilines is 2. The second kappa shape index (κ2) is 7.20. The van der Waals surface area contributed by atoms with Gasteiger partial charge in [-0.2, -0.15) is 0 Å². The van der Waals surface area contributed by atoms with Gasteiger partial charge in [0.15, 0.2) is 0 Å². The lowest BCUT2D eigenvalue weighted by Gasteiger charge is -2.27. The van der Waals surface area contributed by atoms with Crippen LogP contribution in [-0.4, -0.2) is 24.0 Å². The minimum Gasteiger partial charge on any atom is -0.357 e. The molecule has 0 saturated carbocycles. The van der Waals surface area contributed by atoms with E-state index in [4.69, 9.17) is 23.2 Å². The summed E-state index contributed by atoms with van der Waals surface area (Å²) in [5.74, 6) is 0.688. The van der Waals surface area contributed by atoms with Gasteiger partial charge < -0.3 is 10.2 Å². The van der Waals surface area contributed by atoms with Crippen LogP contribution in [-0.2, 0) is 0 Å². The molecular formula is C17H17Cl2N3O. The third-order valence-electron chi connectivity index (χ3n) is 3.81. The largest absolute Gasteiger partial charge is 0.357 e. The van der Waals surface area contributed by atoms with Crippen molar-refractivity contribution in [3.8, 4) is 0 Å². The van der Waals surface area contributed by atoms with E-state index in [-0.39, 0.29) is 5.91 Å². The highest BCUT2D eigenvalue weighted by Gasteiger charge is 2.13. The Kier molecular flexibility index (Phi) is 5.03. The molecule has 1 aliphatic rings. The molecule has 1 amide bonds. The first kappa shape index (κ1) is 16.1. The summed E-state index contributed by atoms with van der Waals surface area (Å²) in [5.41, 5.74) is 1.06. The van der Waals surface area contributed by atoms with Crippen molar-refractivity contribution in [1.82, 2.24) is 4.98 Å². The van der Waals surface area contributed by atoms with Gasteiger partial charge in [0.25, 0.3) is 5.91 Å². The van der Waals surface area contributed by atoms with Crippen LogP contribution >= 0.6 is 23.2 Å². The molecule has 1 aliphatic heterocycles. The van der Waals surface area contributed by atoms with Crippen LogP contribution in [0.1, 0.15) is 29.6 Å². The van der Waals surface area contributed by atoms with Crippen LogP contribution < -0.4 is 10.2 Å². The lowest BCUT2D eigenvalue weighted by molar-refractivity contribution is 0.102. The molecular weight excluding hydrogens is 333 g/mol. The molecule has 1 aromatic heterocycles. The molecule has 4 nitrogen and oxygen atoms in total. The number of piperidine rings is 1. The van der Waals surface area contributed by atoms with Crippen LogP contribution in [0, 0.1) is 0 Å². The second-order valence-electron chi connectivity index (χ2n) is 5.57. The topological polar surface area (TPSA) is 45.2 Å². The van der Waals surface area contributed by atoms with Crippen LogP contribution in [0.2, 0.25) is 10.0 Å². The first-order valence-electron chi connectivity index (χ1n) is 7.60. The fourth-order valence-corrected chi connectivity index (χ4v) is 3.19. The molecule has 2 aromatic rings. The van der Waals surface area contributed by atoms with Crippen LogP contribution in [0.4, 0.5) is 11.5 Å². The molecule has 0 spiro atoms. The standard InChI is InChI=1S/C17H17Cl2N3O/c18-13-8-14(19)10-15(9-13)21-17(23)12-4-5-16(20-11-12)22-6-2-1-3-7-22/h4-5,8-11H,1-3,6-7H2,(H,21,23). The van der Waals surface area contributed by atoms with E-state index in [1.807, 2.05) is 6.07 Å². The Morgan fingerprint density at radius 2 is 1.74 bits per heavy atom. The Balaban J connectivity index is 1.69. The Labute approximate surface area is 145 Å². The zero-order chi connectivity index (χ0) is 16.2. The summed E-state index contributed by atoms with van der Waals surface area (Å²) in [4.78, 5) is 18.9. The van der Waals surface area contributed by atoms with E-state index in [0.29, 0.717) is 21.3 Å². The predicted octanol–water partition coefficient (Wildman–Crippen LogP) is 4.63. The van der Waals surface area contributed by atoms with Gasteiger partial charge in [-0.15, -0.1) is 0 Å². The van der Waals surface area contributed by atoms with Crippen molar-refractivity contribution in [3.05, 3.63) is 52.1 Å². The molecule has 3 rings (SSSR count). The minimum atomic E-state index is -0.235. The van der Waals surface area contributed by atoms with Crippen LogP contribution in [0.3, 0.4) is 0 Å². The van der Waals surface area contributed by atoms with Crippen molar-refractivity contribution in [1.29, 1.82) is 0 Å². The molecule has 1 fully saturated rings. The summed E-state index contributed by atoms with van der Waals surface area (Å²) in [6.45, 7) is 2.05. The van der Waals surface area contributed by atoms with Gasteiger partial charge in [-0.05, 0) is 49.6 Å². The number of pyridine rings is 1. The Morgan fingerprint density at radius 3 is 2.35 bits per heavy atom. The van der Waals surface area contributed by atoms with Gasteiger partial charge in [0.05, 0.1) is 5.56 Å². The predicted molar refractivity (Wildman–Crippen MR) is 94.7 cm³/mol. The summed E-state index contributed by atoms with van der Waals surface area (Å²) in [6.07, 6.45) is 5.27. The average Bonchev–Trinajstić information content (AvgIpc) is 2.55. The van der Waals surface area contributed by atoms with Gasteiger partial charge in [0.2, 0.25) is 0 Å². The van der Waals surface area contributed by atoms with Gasteiger partial charge in [-0.25, -0.2) is 4.98 Å². The molecule has 0 unspecified atom stereocenters. The van der Waals surface area contributed by atoms with Crippen molar-refractivity contribution in [3.63, 3.8) is 0 Å². The first-order valence-corrected chi connectivity index (χ1v) is 8.36. The average molecular weight is 350 g/mol. The SMILES string of the molecule is O=C(Nc1cc(Cl)cc(Cl)c1)c1ccc(N2CCCCC2)nc1. The zero-order valence-corrected chi connectivity index (χ0v) is 14.1. The molecule has 1 N–H and O–H groups in total. The normalized spacial score (nSPS) is 14.6. The number of halogens is 2. The lowest BCUT2D eigenvalue weighted by atomic mass is 10.1. The number of rotatable bonds is 3. The molecule has 0 aliphatic carbocycles. The van der Waals surface area contributed by atoms with Gasteiger partial charge in [0, 0.05) is 35.0 Å². The number of carbonyl (C=O) groups excluding carboxylic acids is 1. The number of aromatic nitrogens is 1. The minimum absolute atomic E-state index is 0.235. The fraction of sp³-hybridized carbons (Fsp3) is 0.294. The lowest BCUT2D eigenvalue weighted by Crippen LogP contribution is -2.30. The van der Waals surface area contributed by atoms with E-state index in [1.54, 1.807) is 30.5 Å². The Morgan fingerprint density at radius 1 is 1.04 bits per heavy atom. The fourth-order valence-electron chi connectivity index (χ4n) is 2.66. The van der Waals surface area contributed by atoms with E-state index in [9.17, 15) is 4.79 Å². The number of carbonyl (C=O) groups is 1. The monoisotopic (exact) mass is 349 g/mol. The third kappa shape index (κ3) is 4.15. The quantitative estimate of drug-likeness (QED) is 0.878. The maximum Gasteiger partial charge on any atom is 0.257 e. The van der Waals surface area contributed by atoms with Crippen molar-refractivity contribution in [2.45, 2.75) is 19.3 Å². The number of hydrogen-bond acceptors (Lipinski definition) is 3. The van der Waals surface area contributed by atoms with Gasteiger partial charge in [0.1, 0.15) is 5.82 Å². The number of amides is 1. The number of benzene rings is 1. The molecule has 0 radical (unpaired) electrons. The molecule has 1 aromatic carbocycles. The molecule has 0 atom stereocenters. The van der Waals surface area contributed by atoms with Crippen molar-refractivity contribution < 1.29 is 4.79 Å². The van der Waals surface area contributed by atoms with Crippen molar-refractivity contribution in [2.24, 2.45) is 0 Å². The van der Waals surface area contributed by atoms with Gasteiger partial charge in [-0.1, -0.05) is 23.2 Å². The highest BCUT2D eigenvalue weighted by molar-refractivity contribution is 6.35. The summed E-state index contributed by atoms with van der Waals surface area (Å²) in [7, 11) is 0. The maximum absolute atomic E-state index is 12.3. The maximum atomic E-state index is 12.3. The van der Waals surface area contributed by atoms with Gasteiger partial charge >= 0.3 is 0 Å². The summed E-state index contributed by atoms with van der Waals surface area (Å²) >= 11 is 11.9. The van der Waals surface area contributed by atoms with E-state index in [0.717, 1.165) is 18.9 Å². The smallest absolute Gasteiger partial charge is 0.257 e. The molecule has 1 saturated heterocycles. The molecule has 0 bridgehead atoms. The van der Waals surface area contributed by atoms with Gasteiger partial charge in [-0.3, -0.25) is 4.79 Å². The van der Waals surface area contributed by atoms with E-state index < -0.39 is 0 Å². The highest BCUT2D eigenvalue weighted by atomic mass is 35.5. The molecule has 23 heavy (non-hydrogen) atoms. The number of nitrogens with one attached hydrogen (secondary N) is 1. The Bertz CT molecular complexity index is 677. The van der Waals surface area contributed by atoms with Crippen LogP contribution in [0.15, 0.2) is 36.5 Å². The van der Waals surface area contributed by atoms with E-state index in [2.05, 4.69) is 15.2 Å². The Hall–Kier alpha value is -1.78.